The number of thioether (sulfide) groups is 1. The Morgan fingerprint density at radius 2 is 2.00 bits per heavy atom. The first-order valence-corrected chi connectivity index (χ1v) is 10.8. The highest BCUT2D eigenvalue weighted by atomic mass is 32.2. The Hall–Kier alpha value is -0.393. The summed E-state index contributed by atoms with van der Waals surface area (Å²) in [6.45, 7) is 14.4. The van der Waals surface area contributed by atoms with E-state index in [0.717, 1.165) is 10.9 Å². The molecule has 0 radical (unpaired) electrons. The SMILES string of the molecule is CSc1nccc(CO[Si](C)(C)C(C)(C)C(C)C)n1. The lowest BCUT2D eigenvalue weighted by atomic mass is 9.99. The van der Waals surface area contributed by atoms with Crippen LogP contribution in [0.5, 0.6) is 0 Å². The lowest BCUT2D eigenvalue weighted by Gasteiger charge is -2.42. The minimum Gasteiger partial charge on any atom is -0.411 e. The number of rotatable bonds is 6. The quantitative estimate of drug-likeness (QED) is 0.444. The Morgan fingerprint density at radius 1 is 1.37 bits per heavy atom. The summed E-state index contributed by atoms with van der Waals surface area (Å²) in [5, 5.41) is 1.05. The minimum atomic E-state index is -1.77. The van der Waals surface area contributed by atoms with Crippen molar-refractivity contribution in [2.45, 2.75) is 57.6 Å². The molecule has 0 saturated carbocycles. The second kappa shape index (κ2) is 6.37. The standard InChI is InChI=1S/C14H26N2OSSi/c1-11(2)14(3,4)19(6,7)17-10-12-8-9-15-13(16-12)18-5/h8-9,11H,10H2,1-7H3. The summed E-state index contributed by atoms with van der Waals surface area (Å²) in [6, 6.07) is 1.94. The molecule has 108 valence electrons. The van der Waals surface area contributed by atoms with Crippen LogP contribution in [0.1, 0.15) is 33.4 Å². The fourth-order valence-corrected chi connectivity index (χ4v) is 4.34. The van der Waals surface area contributed by atoms with Crippen molar-refractivity contribution in [1.82, 2.24) is 9.97 Å². The highest BCUT2D eigenvalue weighted by Crippen LogP contribution is 2.44. The van der Waals surface area contributed by atoms with Gasteiger partial charge in [-0.15, -0.1) is 0 Å². The third-order valence-corrected chi connectivity index (χ3v) is 9.56. The maximum atomic E-state index is 6.28. The molecule has 0 aromatic carbocycles. The smallest absolute Gasteiger partial charge is 0.193 e. The molecular formula is C14H26N2OSSi. The molecule has 0 spiro atoms. The molecular weight excluding hydrogens is 272 g/mol. The van der Waals surface area contributed by atoms with Crippen molar-refractivity contribution in [3.8, 4) is 0 Å². The normalized spacial score (nSPS) is 13.1. The Morgan fingerprint density at radius 3 is 2.53 bits per heavy atom. The summed E-state index contributed by atoms with van der Waals surface area (Å²) < 4.78 is 6.28. The first-order valence-electron chi connectivity index (χ1n) is 6.70. The van der Waals surface area contributed by atoms with Gasteiger partial charge in [0.25, 0.3) is 0 Å². The van der Waals surface area contributed by atoms with Gasteiger partial charge in [-0.25, -0.2) is 9.97 Å². The maximum Gasteiger partial charge on any atom is 0.193 e. The van der Waals surface area contributed by atoms with E-state index in [1.807, 2.05) is 12.3 Å². The lowest BCUT2D eigenvalue weighted by Crippen LogP contribution is -2.45. The molecule has 3 nitrogen and oxygen atoms in total. The summed E-state index contributed by atoms with van der Waals surface area (Å²) in [5.41, 5.74) is 0.972. The van der Waals surface area contributed by atoms with Crippen LogP contribution in [0.25, 0.3) is 0 Å². The molecule has 0 atom stereocenters. The van der Waals surface area contributed by atoms with E-state index in [1.54, 1.807) is 18.0 Å². The van der Waals surface area contributed by atoms with Gasteiger partial charge in [-0.05, 0) is 36.4 Å². The summed E-state index contributed by atoms with van der Waals surface area (Å²) in [4.78, 5) is 8.66. The van der Waals surface area contributed by atoms with Crippen LogP contribution in [0.15, 0.2) is 17.4 Å². The summed E-state index contributed by atoms with van der Waals surface area (Å²) in [6.07, 6.45) is 3.79. The van der Waals surface area contributed by atoms with Crippen LogP contribution in [0.4, 0.5) is 0 Å². The zero-order valence-electron chi connectivity index (χ0n) is 13.2. The van der Waals surface area contributed by atoms with E-state index in [1.165, 1.54) is 0 Å². The second-order valence-corrected chi connectivity index (χ2v) is 11.6. The largest absolute Gasteiger partial charge is 0.411 e. The molecule has 1 heterocycles. The van der Waals surface area contributed by atoms with E-state index < -0.39 is 8.32 Å². The zero-order chi connectivity index (χ0) is 14.7. The van der Waals surface area contributed by atoms with Crippen molar-refractivity contribution in [2.24, 2.45) is 5.92 Å². The number of aromatic nitrogens is 2. The first kappa shape index (κ1) is 16.7. The average Bonchev–Trinajstić information content (AvgIpc) is 2.36. The molecule has 5 heteroatoms. The Labute approximate surface area is 122 Å². The van der Waals surface area contributed by atoms with Crippen LogP contribution in [-0.4, -0.2) is 24.5 Å². The van der Waals surface area contributed by atoms with E-state index in [2.05, 4.69) is 50.8 Å². The molecule has 1 aromatic rings. The molecule has 0 N–H and O–H groups in total. The van der Waals surface area contributed by atoms with Crippen molar-refractivity contribution in [3.63, 3.8) is 0 Å². The van der Waals surface area contributed by atoms with Crippen LogP contribution in [0.3, 0.4) is 0 Å². The predicted octanol–water partition coefficient (Wildman–Crippen LogP) is 4.36. The molecule has 0 unspecified atom stereocenters. The van der Waals surface area contributed by atoms with Crippen molar-refractivity contribution in [1.29, 1.82) is 0 Å². The van der Waals surface area contributed by atoms with E-state index in [4.69, 9.17) is 4.43 Å². The van der Waals surface area contributed by atoms with Gasteiger partial charge < -0.3 is 4.43 Å². The number of hydrogen-bond acceptors (Lipinski definition) is 4. The van der Waals surface area contributed by atoms with Crippen LogP contribution in [0, 0.1) is 5.92 Å². The van der Waals surface area contributed by atoms with Crippen LogP contribution >= 0.6 is 11.8 Å². The molecule has 0 bridgehead atoms. The maximum absolute atomic E-state index is 6.28. The van der Waals surface area contributed by atoms with Crippen molar-refractivity contribution < 1.29 is 4.43 Å². The Bertz CT molecular complexity index is 422. The van der Waals surface area contributed by atoms with Crippen LogP contribution in [-0.2, 0) is 11.0 Å². The highest BCUT2D eigenvalue weighted by molar-refractivity contribution is 7.98. The predicted molar refractivity (Wildman–Crippen MR) is 85.0 cm³/mol. The monoisotopic (exact) mass is 298 g/mol. The average molecular weight is 299 g/mol. The fraction of sp³-hybridized carbons (Fsp3) is 0.714. The van der Waals surface area contributed by atoms with Crippen molar-refractivity contribution >= 4 is 20.1 Å². The van der Waals surface area contributed by atoms with Gasteiger partial charge in [0.1, 0.15) is 0 Å². The molecule has 0 aliphatic carbocycles. The van der Waals surface area contributed by atoms with Crippen molar-refractivity contribution in [2.75, 3.05) is 6.26 Å². The summed E-state index contributed by atoms with van der Waals surface area (Å²) in [5.74, 6) is 0.612. The minimum absolute atomic E-state index is 0.238. The molecule has 1 rings (SSSR count). The Balaban J connectivity index is 2.74. The third-order valence-electron chi connectivity index (χ3n) is 4.45. The van der Waals surface area contributed by atoms with E-state index in [9.17, 15) is 0 Å². The van der Waals surface area contributed by atoms with Gasteiger partial charge in [-0.1, -0.05) is 39.5 Å². The van der Waals surface area contributed by atoms with Gasteiger partial charge in [0, 0.05) is 6.20 Å². The molecule has 1 aromatic heterocycles. The molecule has 0 aliphatic rings. The Kier molecular flexibility index (Phi) is 5.59. The van der Waals surface area contributed by atoms with Gasteiger partial charge in [0.05, 0.1) is 12.3 Å². The first-order chi connectivity index (χ1) is 8.70. The van der Waals surface area contributed by atoms with Gasteiger partial charge in [0.2, 0.25) is 0 Å². The van der Waals surface area contributed by atoms with E-state index in [-0.39, 0.29) is 5.04 Å². The van der Waals surface area contributed by atoms with Crippen molar-refractivity contribution in [3.05, 3.63) is 18.0 Å². The molecule has 0 amide bonds. The zero-order valence-corrected chi connectivity index (χ0v) is 15.0. The highest BCUT2D eigenvalue weighted by Gasteiger charge is 2.43. The number of nitrogens with zero attached hydrogens (tertiary/aromatic N) is 2. The van der Waals surface area contributed by atoms with E-state index in [0.29, 0.717) is 12.5 Å². The molecule has 0 fully saturated rings. The van der Waals surface area contributed by atoms with Crippen LogP contribution < -0.4 is 0 Å². The third kappa shape index (κ3) is 4.03. The second-order valence-electron chi connectivity index (χ2n) is 6.21. The van der Waals surface area contributed by atoms with Gasteiger partial charge in [-0.3, -0.25) is 0 Å². The topological polar surface area (TPSA) is 35.0 Å². The van der Waals surface area contributed by atoms with E-state index >= 15 is 0 Å². The molecule has 19 heavy (non-hydrogen) atoms. The summed E-state index contributed by atoms with van der Waals surface area (Å²) in [7, 11) is -1.77. The number of hydrogen-bond donors (Lipinski definition) is 0. The lowest BCUT2D eigenvalue weighted by molar-refractivity contribution is 0.252. The van der Waals surface area contributed by atoms with Crippen LogP contribution in [0.2, 0.25) is 18.1 Å². The molecule has 0 aliphatic heterocycles. The van der Waals surface area contributed by atoms with Gasteiger partial charge in [-0.2, -0.15) is 0 Å². The fourth-order valence-electron chi connectivity index (χ4n) is 1.69. The van der Waals surface area contributed by atoms with Gasteiger partial charge in [0.15, 0.2) is 13.5 Å². The van der Waals surface area contributed by atoms with Gasteiger partial charge >= 0.3 is 0 Å². The summed E-state index contributed by atoms with van der Waals surface area (Å²) >= 11 is 1.56. The molecule has 0 saturated heterocycles.